The molecule has 0 aliphatic carbocycles. The van der Waals surface area contributed by atoms with E-state index in [4.69, 9.17) is 0 Å². The number of alkyl halides is 3. The largest absolute Gasteiger partial charge is 0.416 e. The van der Waals surface area contributed by atoms with Gasteiger partial charge in [-0.2, -0.15) is 13.2 Å². The summed E-state index contributed by atoms with van der Waals surface area (Å²) in [6.07, 6.45) is -2.61. The smallest absolute Gasteiger partial charge is 0.348 e. The fourth-order valence-corrected chi connectivity index (χ4v) is 3.46. The zero-order chi connectivity index (χ0) is 19.4. The molecular weight excluding hydrogens is 353 g/mol. The van der Waals surface area contributed by atoms with Crippen molar-refractivity contribution in [3.63, 3.8) is 0 Å². The number of benzene rings is 2. The molecule has 144 valence electrons. The zero-order valence-electron chi connectivity index (χ0n) is 15.3. The number of likely N-dealkylation sites (N-methyl/N-ethyl adjacent to an activating group) is 1. The van der Waals surface area contributed by atoms with Gasteiger partial charge in [-0.15, -0.1) is 0 Å². The van der Waals surface area contributed by atoms with E-state index in [-0.39, 0.29) is 18.0 Å². The van der Waals surface area contributed by atoms with Gasteiger partial charge in [0.1, 0.15) is 0 Å². The topological polar surface area (TPSA) is 32.3 Å². The number of hydrogen-bond acceptors (Lipinski definition) is 2. The standard InChI is InChI=1S/C21H23F3N2O/c1-2-26-11-9-15-7-8-17(13-16(15)10-12-26)20(27)25-14-18-5-3-4-6-19(18)21(22,23)24/h3-8,13H,2,9-12,14H2,1H3,(H,25,27). The van der Waals surface area contributed by atoms with Crippen molar-refractivity contribution in [2.75, 3.05) is 19.6 Å². The number of hydrogen-bond donors (Lipinski definition) is 1. The molecule has 0 unspecified atom stereocenters. The Morgan fingerprint density at radius 1 is 1.07 bits per heavy atom. The molecule has 0 saturated heterocycles. The number of nitrogens with zero attached hydrogens (tertiary/aromatic N) is 1. The van der Waals surface area contributed by atoms with Crippen molar-refractivity contribution in [2.24, 2.45) is 0 Å². The number of carbonyl (C=O) groups is 1. The van der Waals surface area contributed by atoms with Crippen molar-refractivity contribution in [2.45, 2.75) is 32.5 Å². The monoisotopic (exact) mass is 376 g/mol. The average Bonchev–Trinajstić information content (AvgIpc) is 2.87. The van der Waals surface area contributed by atoms with Crippen LogP contribution in [0.15, 0.2) is 42.5 Å². The van der Waals surface area contributed by atoms with E-state index >= 15 is 0 Å². The maximum absolute atomic E-state index is 13.1. The highest BCUT2D eigenvalue weighted by atomic mass is 19.4. The first-order valence-electron chi connectivity index (χ1n) is 9.16. The van der Waals surface area contributed by atoms with Gasteiger partial charge in [-0.3, -0.25) is 4.79 Å². The fourth-order valence-electron chi connectivity index (χ4n) is 3.46. The van der Waals surface area contributed by atoms with E-state index < -0.39 is 11.7 Å². The summed E-state index contributed by atoms with van der Waals surface area (Å²) in [6, 6.07) is 10.9. The maximum Gasteiger partial charge on any atom is 0.416 e. The molecule has 1 N–H and O–H groups in total. The summed E-state index contributed by atoms with van der Waals surface area (Å²) in [6.45, 7) is 4.93. The van der Waals surface area contributed by atoms with Gasteiger partial charge < -0.3 is 10.2 Å². The molecule has 3 rings (SSSR count). The van der Waals surface area contributed by atoms with Crippen LogP contribution in [0.3, 0.4) is 0 Å². The number of fused-ring (bicyclic) bond motifs is 1. The predicted octanol–water partition coefficient (Wildman–Crippen LogP) is 4.06. The molecule has 3 nitrogen and oxygen atoms in total. The Morgan fingerprint density at radius 2 is 1.78 bits per heavy atom. The van der Waals surface area contributed by atoms with E-state index in [0.29, 0.717) is 5.56 Å². The number of carbonyl (C=O) groups excluding carboxylic acids is 1. The SMILES string of the molecule is CCN1CCc2ccc(C(=O)NCc3ccccc3C(F)(F)F)cc2CC1. The van der Waals surface area contributed by atoms with Crippen molar-refractivity contribution >= 4 is 5.91 Å². The summed E-state index contributed by atoms with van der Waals surface area (Å²) in [5.74, 6) is -0.355. The second kappa shape index (κ2) is 8.13. The van der Waals surface area contributed by atoms with Gasteiger partial charge >= 0.3 is 6.18 Å². The molecule has 1 amide bonds. The van der Waals surface area contributed by atoms with Crippen LogP contribution in [-0.2, 0) is 25.6 Å². The van der Waals surface area contributed by atoms with Crippen LogP contribution >= 0.6 is 0 Å². The molecule has 1 heterocycles. The molecule has 0 atom stereocenters. The molecule has 0 radical (unpaired) electrons. The number of nitrogens with one attached hydrogen (secondary N) is 1. The predicted molar refractivity (Wildman–Crippen MR) is 98.6 cm³/mol. The van der Waals surface area contributed by atoms with Crippen molar-refractivity contribution in [1.82, 2.24) is 10.2 Å². The third-order valence-corrected chi connectivity index (χ3v) is 5.07. The Bertz CT molecular complexity index is 817. The van der Waals surface area contributed by atoms with Crippen molar-refractivity contribution in [3.05, 3.63) is 70.3 Å². The molecule has 0 saturated carbocycles. The average molecular weight is 376 g/mol. The minimum absolute atomic E-state index is 0.0618. The molecule has 0 aromatic heterocycles. The quantitative estimate of drug-likeness (QED) is 0.873. The van der Waals surface area contributed by atoms with Crippen LogP contribution in [0.2, 0.25) is 0 Å². The molecule has 27 heavy (non-hydrogen) atoms. The normalized spacial score (nSPS) is 15.1. The first kappa shape index (κ1) is 19.4. The zero-order valence-corrected chi connectivity index (χ0v) is 15.3. The molecular formula is C21H23F3N2O. The molecule has 0 spiro atoms. The van der Waals surface area contributed by atoms with E-state index in [1.165, 1.54) is 17.7 Å². The van der Waals surface area contributed by atoms with Crippen LogP contribution in [0.1, 0.15) is 39.5 Å². The van der Waals surface area contributed by atoms with Gasteiger partial charge in [0.2, 0.25) is 0 Å². The van der Waals surface area contributed by atoms with Gasteiger partial charge in [0.05, 0.1) is 5.56 Å². The lowest BCUT2D eigenvalue weighted by molar-refractivity contribution is -0.138. The Kier molecular flexibility index (Phi) is 5.85. The van der Waals surface area contributed by atoms with Crippen LogP contribution in [0.5, 0.6) is 0 Å². The molecule has 6 heteroatoms. The summed E-state index contributed by atoms with van der Waals surface area (Å²) < 4.78 is 39.2. The highest BCUT2D eigenvalue weighted by Crippen LogP contribution is 2.31. The summed E-state index contributed by atoms with van der Waals surface area (Å²) in [7, 11) is 0. The lowest BCUT2D eigenvalue weighted by Crippen LogP contribution is -2.25. The van der Waals surface area contributed by atoms with Gasteiger partial charge in [-0.25, -0.2) is 0 Å². The molecule has 2 aromatic rings. The number of halogens is 3. The third-order valence-electron chi connectivity index (χ3n) is 5.07. The molecule has 1 aliphatic heterocycles. The fraction of sp³-hybridized carbons (Fsp3) is 0.381. The van der Waals surface area contributed by atoms with Gasteiger partial charge in [0, 0.05) is 25.2 Å². The van der Waals surface area contributed by atoms with E-state index in [1.807, 2.05) is 12.1 Å². The molecule has 2 aromatic carbocycles. The summed E-state index contributed by atoms with van der Waals surface area (Å²) >= 11 is 0. The number of amides is 1. The Labute approximate surface area is 157 Å². The molecule has 0 fully saturated rings. The number of rotatable bonds is 4. The Hall–Kier alpha value is -2.34. The van der Waals surface area contributed by atoms with Crippen LogP contribution in [-0.4, -0.2) is 30.4 Å². The highest BCUT2D eigenvalue weighted by Gasteiger charge is 2.32. The highest BCUT2D eigenvalue weighted by molar-refractivity contribution is 5.94. The Morgan fingerprint density at radius 3 is 2.48 bits per heavy atom. The van der Waals surface area contributed by atoms with Crippen LogP contribution in [0.4, 0.5) is 13.2 Å². The van der Waals surface area contributed by atoms with Crippen molar-refractivity contribution in [3.8, 4) is 0 Å². The summed E-state index contributed by atoms with van der Waals surface area (Å²) in [5.41, 5.74) is 2.22. The van der Waals surface area contributed by atoms with Crippen LogP contribution < -0.4 is 5.32 Å². The lowest BCUT2D eigenvalue weighted by atomic mass is 9.99. The van der Waals surface area contributed by atoms with Crippen LogP contribution in [0.25, 0.3) is 0 Å². The maximum atomic E-state index is 13.1. The molecule has 1 aliphatic rings. The molecule has 0 bridgehead atoms. The van der Waals surface area contributed by atoms with Gasteiger partial charge in [0.15, 0.2) is 0 Å². The van der Waals surface area contributed by atoms with Crippen molar-refractivity contribution < 1.29 is 18.0 Å². The van der Waals surface area contributed by atoms with E-state index in [9.17, 15) is 18.0 Å². The first-order valence-corrected chi connectivity index (χ1v) is 9.16. The minimum Gasteiger partial charge on any atom is -0.348 e. The van der Waals surface area contributed by atoms with Gasteiger partial charge in [-0.05, 0) is 54.3 Å². The minimum atomic E-state index is -4.43. The lowest BCUT2D eigenvalue weighted by Gasteiger charge is -2.16. The second-order valence-electron chi connectivity index (χ2n) is 6.76. The first-order chi connectivity index (χ1) is 12.9. The second-order valence-corrected chi connectivity index (χ2v) is 6.76. The van der Waals surface area contributed by atoms with E-state index in [2.05, 4.69) is 17.1 Å². The van der Waals surface area contributed by atoms with E-state index in [1.54, 1.807) is 12.1 Å². The van der Waals surface area contributed by atoms with Crippen molar-refractivity contribution in [1.29, 1.82) is 0 Å². The Balaban J connectivity index is 1.71. The third kappa shape index (κ3) is 4.69. The van der Waals surface area contributed by atoms with Gasteiger partial charge in [-0.1, -0.05) is 31.2 Å². The van der Waals surface area contributed by atoms with Gasteiger partial charge in [0.25, 0.3) is 5.91 Å². The van der Waals surface area contributed by atoms with Crippen LogP contribution in [0, 0.1) is 0 Å². The summed E-state index contributed by atoms with van der Waals surface area (Å²) in [5, 5.41) is 2.62. The summed E-state index contributed by atoms with van der Waals surface area (Å²) in [4.78, 5) is 14.8. The van der Waals surface area contributed by atoms with E-state index in [0.717, 1.165) is 44.1 Å².